The first-order chi connectivity index (χ1) is 13.7. The molecule has 29 heavy (non-hydrogen) atoms. The SMILES string of the molecule is Cc1cc(C(=O)NCc2cccc(NC(=O)N(C)C)c2)cc(C)c1OCC(=O)O. The summed E-state index contributed by atoms with van der Waals surface area (Å²) in [5.74, 6) is -0.855. The zero-order valence-electron chi connectivity index (χ0n) is 16.9. The molecule has 2 aromatic rings. The lowest BCUT2D eigenvalue weighted by atomic mass is 10.0. The van der Waals surface area contributed by atoms with E-state index in [-0.39, 0.29) is 11.9 Å². The molecule has 0 fully saturated rings. The highest BCUT2D eigenvalue weighted by atomic mass is 16.5. The summed E-state index contributed by atoms with van der Waals surface area (Å²) in [6.07, 6.45) is 0. The van der Waals surface area contributed by atoms with E-state index in [9.17, 15) is 14.4 Å². The third-order valence-corrected chi connectivity index (χ3v) is 4.10. The summed E-state index contributed by atoms with van der Waals surface area (Å²) in [5, 5.41) is 14.4. The van der Waals surface area contributed by atoms with Gasteiger partial charge in [0.1, 0.15) is 5.75 Å². The van der Waals surface area contributed by atoms with Crippen LogP contribution in [0.25, 0.3) is 0 Å². The molecule has 0 saturated heterocycles. The number of nitrogens with one attached hydrogen (secondary N) is 2. The monoisotopic (exact) mass is 399 g/mol. The molecule has 0 aliphatic rings. The number of amides is 3. The van der Waals surface area contributed by atoms with Crippen molar-refractivity contribution in [1.29, 1.82) is 0 Å². The van der Waals surface area contributed by atoms with Crippen molar-refractivity contribution in [3.8, 4) is 5.75 Å². The van der Waals surface area contributed by atoms with Crippen LogP contribution in [-0.4, -0.2) is 48.6 Å². The van der Waals surface area contributed by atoms with Gasteiger partial charge in [-0.3, -0.25) is 4.79 Å². The van der Waals surface area contributed by atoms with E-state index in [1.54, 1.807) is 58.3 Å². The van der Waals surface area contributed by atoms with Crippen LogP contribution in [0.1, 0.15) is 27.0 Å². The van der Waals surface area contributed by atoms with E-state index >= 15 is 0 Å². The van der Waals surface area contributed by atoms with Gasteiger partial charge in [-0.1, -0.05) is 12.1 Å². The standard InChI is InChI=1S/C21H25N3O5/c1-13-8-16(9-14(2)19(13)29-12-18(25)26)20(27)22-11-15-6-5-7-17(10-15)23-21(28)24(3)4/h5-10H,11-12H2,1-4H3,(H,22,27)(H,23,28)(H,25,26). The van der Waals surface area contributed by atoms with E-state index in [4.69, 9.17) is 9.84 Å². The van der Waals surface area contributed by atoms with Crippen LogP contribution in [0.5, 0.6) is 5.75 Å². The first kappa shape index (κ1) is 21.7. The highest BCUT2D eigenvalue weighted by Crippen LogP contribution is 2.25. The van der Waals surface area contributed by atoms with Crippen molar-refractivity contribution in [3.05, 3.63) is 58.7 Å². The molecule has 154 valence electrons. The van der Waals surface area contributed by atoms with Gasteiger partial charge in [0, 0.05) is 31.9 Å². The van der Waals surface area contributed by atoms with E-state index in [1.807, 2.05) is 6.07 Å². The Balaban J connectivity index is 2.04. The summed E-state index contributed by atoms with van der Waals surface area (Å²) in [6.45, 7) is 3.38. The predicted molar refractivity (Wildman–Crippen MR) is 109 cm³/mol. The van der Waals surface area contributed by atoms with Gasteiger partial charge < -0.3 is 25.4 Å². The Hall–Kier alpha value is -3.55. The van der Waals surface area contributed by atoms with E-state index < -0.39 is 12.6 Å². The molecule has 0 aromatic heterocycles. The number of carbonyl (C=O) groups is 3. The van der Waals surface area contributed by atoms with Gasteiger partial charge in [0.2, 0.25) is 0 Å². The number of hydrogen-bond acceptors (Lipinski definition) is 4. The third-order valence-electron chi connectivity index (χ3n) is 4.10. The van der Waals surface area contributed by atoms with Crippen molar-refractivity contribution in [2.75, 3.05) is 26.0 Å². The zero-order chi connectivity index (χ0) is 21.6. The normalized spacial score (nSPS) is 10.2. The number of nitrogens with zero attached hydrogens (tertiary/aromatic N) is 1. The fourth-order valence-electron chi connectivity index (χ4n) is 2.72. The molecular formula is C21H25N3O5. The maximum Gasteiger partial charge on any atom is 0.341 e. The summed E-state index contributed by atoms with van der Waals surface area (Å²) in [4.78, 5) is 36.4. The Labute approximate surface area is 169 Å². The molecule has 8 nitrogen and oxygen atoms in total. The van der Waals surface area contributed by atoms with Gasteiger partial charge in [-0.25, -0.2) is 9.59 Å². The van der Waals surface area contributed by atoms with Crippen LogP contribution in [-0.2, 0) is 11.3 Å². The number of ether oxygens (including phenoxy) is 1. The second-order valence-corrected chi connectivity index (χ2v) is 6.83. The number of carboxylic acids is 1. The molecule has 0 radical (unpaired) electrons. The van der Waals surface area contributed by atoms with Gasteiger partial charge in [-0.15, -0.1) is 0 Å². The molecule has 8 heteroatoms. The van der Waals surface area contributed by atoms with Crippen LogP contribution >= 0.6 is 0 Å². The molecule has 0 atom stereocenters. The zero-order valence-corrected chi connectivity index (χ0v) is 16.9. The quantitative estimate of drug-likeness (QED) is 0.664. The maximum atomic E-state index is 12.5. The molecule has 2 rings (SSSR count). The van der Waals surface area contributed by atoms with Gasteiger partial charge in [-0.05, 0) is 54.8 Å². The van der Waals surface area contributed by atoms with Crippen molar-refractivity contribution in [2.24, 2.45) is 0 Å². The molecule has 0 spiro atoms. The fraction of sp³-hybridized carbons (Fsp3) is 0.286. The highest BCUT2D eigenvalue weighted by molar-refractivity contribution is 5.95. The molecule has 0 bridgehead atoms. The Kier molecular flexibility index (Phi) is 7.19. The summed E-state index contributed by atoms with van der Waals surface area (Å²) < 4.78 is 5.29. The molecule has 0 aliphatic heterocycles. The molecule has 0 unspecified atom stereocenters. The first-order valence-corrected chi connectivity index (χ1v) is 8.98. The minimum absolute atomic E-state index is 0.234. The average Bonchev–Trinajstić information content (AvgIpc) is 2.65. The Morgan fingerprint density at radius 3 is 2.31 bits per heavy atom. The van der Waals surface area contributed by atoms with E-state index in [0.717, 1.165) is 5.56 Å². The van der Waals surface area contributed by atoms with E-state index in [0.29, 0.717) is 34.7 Å². The molecular weight excluding hydrogens is 374 g/mol. The van der Waals surface area contributed by atoms with Crippen LogP contribution in [0.3, 0.4) is 0 Å². The Bertz CT molecular complexity index is 901. The largest absolute Gasteiger partial charge is 0.481 e. The van der Waals surface area contributed by atoms with Gasteiger partial charge >= 0.3 is 12.0 Å². The number of hydrogen-bond donors (Lipinski definition) is 3. The first-order valence-electron chi connectivity index (χ1n) is 8.98. The minimum Gasteiger partial charge on any atom is -0.481 e. The van der Waals surface area contributed by atoms with Crippen LogP contribution in [0.4, 0.5) is 10.5 Å². The second kappa shape index (κ2) is 9.59. The average molecular weight is 399 g/mol. The van der Waals surface area contributed by atoms with Gasteiger partial charge in [0.15, 0.2) is 6.61 Å². The second-order valence-electron chi connectivity index (χ2n) is 6.83. The van der Waals surface area contributed by atoms with Crippen LogP contribution in [0.15, 0.2) is 36.4 Å². The molecule has 3 N–H and O–H groups in total. The highest BCUT2D eigenvalue weighted by Gasteiger charge is 2.13. The lowest BCUT2D eigenvalue weighted by Gasteiger charge is -2.14. The molecule has 0 aliphatic carbocycles. The number of carboxylic acid groups (broad SMARTS) is 1. The van der Waals surface area contributed by atoms with Gasteiger partial charge in [0.25, 0.3) is 5.91 Å². The minimum atomic E-state index is -1.06. The molecule has 0 heterocycles. The van der Waals surface area contributed by atoms with E-state index in [2.05, 4.69) is 10.6 Å². The Morgan fingerprint density at radius 2 is 1.72 bits per heavy atom. The fourth-order valence-corrected chi connectivity index (χ4v) is 2.72. The number of carbonyl (C=O) groups excluding carboxylic acids is 2. The summed E-state index contributed by atoms with van der Waals surface area (Å²) in [6, 6.07) is 10.3. The van der Waals surface area contributed by atoms with Gasteiger partial charge in [-0.2, -0.15) is 0 Å². The predicted octanol–water partition coefficient (Wildman–Crippen LogP) is 2.79. The molecule has 2 aromatic carbocycles. The van der Waals surface area contributed by atoms with Crippen molar-refractivity contribution < 1.29 is 24.2 Å². The smallest absolute Gasteiger partial charge is 0.341 e. The van der Waals surface area contributed by atoms with Crippen molar-refractivity contribution in [3.63, 3.8) is 0 Å². The number of rotatable bonds is 7. The number of urea groups is 1. The molecule has 0 saturated carbocycles. The number of anilines is 1. The maximum absolute atomic E-state index is 12.5. The van der Waals surface area contributed by atoms with Crippen molar-refractivity contribution in [2.45, 2.75) is 20.4 Å². The van der Waals surface area contributed by atoms with Crippen molar-refractivity contribution in [1.82, 2.24) is 10.2 Å². The number of aryl methyl sites for hydroxylation is 2. The third kappa shape index (κ3) is 6.24. The molecule has 3 amide bonds. The van der Waals surface area contributed by atoms with Crippen LogP contribution in [0, 0.1) is 13.8 Å². The van der Waals surface area contributed by atoms with Gasteiger partial charge in [0.05, 0.1) is 0 Å². The summed E-state index contributed by atoms with van der Waals surface area (Å²) in [7, 11) is 3.31. The number of benzene rings is 2. The lowest BCUT2D eigenvalue weighted by molar-refractivity contribution is -0.139. The van der Waals surface area contributed by atoms with Crippen molar-refractivity contribution >= 4 is 23.6 Å². The van der Waals surface area contributed by atoms with E-state index in [1.165, 1.54) is 4.90 Å². The topological polar surface area (TPSA) is 108 Å². The number of aliphatic carboxylic acids is 1. The van der Waals surface area contributed by atoms with Crippen LogP contribution in [0.2, 0.25) is 0 Å². The Morgan fingerprint density at radius 1 is 1.07 bits per heavy atom. The van der Waals surface area contributed by atoms with Crippen LogP contribution < -0.4 is 15.4 Å². The summed E-state index contributed by atoms with van der Waals surface area (Å²) >= 11 is 0. The lowest BCUT2D eigenvalue weighted by Crippen LogP contribution is -2.27. The summed E-state index contributed by atoms with van der Waals surface area (Å²) in [5.41, 5.74) is 3.31.